The molecular weight excluding hydrogens is 412 g/mol. The third-order valence-electron chi connectivity index (χ3n) is 5.57. The topological polar surface area (TPSA) is 143 Å². The van der Waals surface area contributed by atoms with Gasteiger partial charge in [0.25, 0.3) is 0 Å². The summed E-state index contributed by atoms with van der Waals surface area (Å²) in [6.07, 6.45) is 1.08. The van der Waals surface area contributed by atoms with Gasteiger partial charge in [-0.2, -0.15) is 0 Å². The fraction of sp³-hybridized carbons (Fsp3) is 0.500. The van der Waals surface area contributed by atoms with Gasteiger partial charge in [0.2, 0.25) is 0 Å². The molecule has 0 fully saturated rings. The lowest BCUT2D eigenvalue weighted by Gasteiger charge is -2.31. The number of carbonyl (C=O) groups excluding carboxylic acids is 3. The van der Waals surface area contributed by atoms with Crippen LogP contribution in [0.1, 0.15) is 56.9 Å². The monoisotopic (exact) mass is 444 g/mol. The maximum atomic E-state index is 12.7. The lowest BCUT2D eigenvalue weighted by molar-refractivity contribution is -0.131. The first-order chi connectivity index (χ1) is 13.7. The number of hydrogen-bond donors (Lipinski definition) is 3. The van der Waals surface area contributed by atoms with Crippen molar-refractivity contribution in [3.63, 3.8) is 0 Å². The maximum absolute atomic E-state index is 12.7. The molecule has 0 heterocycles. The van der Waals surface area contributed by atoms with E-state index in [1.54, 1.807) is 6.07 Å². The zero-order chi connectivity index (χ0) is 21.7. The number of hydrogen-bond acceptors (Lipinski definition) is 6. The van der Waals surface area contributed by atoms with E-state index in [1.807, 2.05) is 0 Å². The molecular formula is C22H33ClO7. The molecule has 5 N–H and O–H groups in total. The van der Waals surface area contributed by atoms with E-state index in [9.17, 15) is 29.7 Å². The van der Waals surface area contributed by atoms with Crippen LogP contribution in [0, 0.1) is 17.8 Å². The first kappa shape index (κ1) is 26.0. The number of aliphatic hydroxyl groups excluding tert-OH is 2. The first-order valence-electron chi connectivity index (χ1n) is 9.66. The van der Waals surface area contributed by atoms with Crippen molar-refractivity contribution in [2.45, 2.75) is 39.0 Å². The number of aliphatic hydroxyl groups is 2. The van der Waals surface area contributed by atoms with Gasteiger partial charge in [0.1, 0.15) is 17.3 Å². The predicted molar refractivity (Wildman–Crippen MR) is 118 cm³/mol. The van der Waals surface area contributed by atoms with Gasteiger partial charge in [-0.15, -0.1) is 0 Å². The molecule has 0 saturated heterocycles. The van der Waals surface area contributed by atoms with Gasteiger partial charge < -0.3 is 20.8 Å². The molecule has 2 rings (SSSR count). The average Bonchev–Trinajstić information content (AvgIpc) is 2.61. The minimum Gasteiger partial charge on any atom is -0.507 e. The van der Waals surface area contributed by atoms with Crippen LogP contribution in [0.15, 0.2) is 18.7 Å². The molecule has 0 amide bonds. The van der Waals surface area contributed by atoms with Crippen molar-refractivity contribution in [3.8, 4) is 5.75 Å². The highest BCUT2D eigenvalue weighted by atomic mass is 35.5. The summed E-state index contributed by atoms with van der Waals surface area (Å²) in [5.41, 5.74) is 1.48. The lowest BCUT2D eigenvalue weighted by atomic mass is 9.73. The molecule has 30 heavy (non-hydrogen) atoms. The number of benzene rings is 1. The Bertz CT molecular complexity index is 829. The van der Waals surface area contributed by atoms with Crippen molar-refractivity contribution < 1.29 is 38.0 Å². The summed E-state index contributed by atoms with van der Waals surface area (Å²) in [4.78, 5) is 36.4. The maximum Gasteiger partial charge on any atom is 0.167 e. The van der Waals surface area contributed by atoms with Crippen LogP contribution >= 0.6 is 11.6 Å². The van der Waals surface area contributed by atoms with Gasteiger partial charge >= 0.3 is 0 Å². The Morgan fingerprint density at radius 2 is 1.97 bits per heavy atom. The van der Waals surface area contributed by atoms with E-state index < -0.39 is 12.5 Å². The fourth-order valence-corrected chi connectivity index (χ4v) is 4.45. The van der Waals surface area contributed by atoms with Crippen molar-refractivity contribution in [1.82, 2.24) is 0 Å². The van der Waals surface area contributed by atoms with Gasteiger partial charge in [0.05, 0.1) is 18.6 Å². The van der Waals surface area contributed by atoms with E-state index in [-0.39, 0.29) is 79.7 Å². The molecule has 0 radical (unpaired) electrons. The highest BCUT2D eigenvalue weighted by molar-refractivity contribution is 6.48. The normalized spacial score (nSPS) is 17.5. The molecule has 1 aliphatic carbocycles. The second kappa shape index (κ2) is 11.4. The van der Waals surface area contributed by atoms with E-state index in [4.69, 9.17) is 11.6 Å². The van der Waals surface area contributed by atoms with Crippen molar-refractivity contribution >= 4 is 34.0 Å². The van der Waals surface area contributed by atoms with Crippen LogP contribution in [0.4, 0.5) is 0 Å². The Hall–Kier alpha value is -2.06. The molecule has 1 aromatic carbocycles. The van der Waals surface area contributed by atoms with E-state index in [2.05, 4.69) is 6.58 Å². The smallest absolute Gasteiger partial charge is 0.167 e. The molecule has 0 spiro atoms. The number of carbonyl (C=O) groups is 3. The largest absolute Gasteiger partial charge is 0.507 e. The van der Waals surface area contributed by atoms with Crippen LogP contribution in [-0.2, 0) is 16.0 Å². The quantitative estimate of drug-likeness (QED) is 0.473. The van der Waals surface area contributed by atoms with Gasteiger partial charge in [-0.05, 0) is 61.3 Å². The first-order valence-corrected chi connectivity index (χ1v) is 10.0. The summed E-state index contributed by atoms with van der Waals surface area (Å²) in [5, 5.41) is 29.6. The number of Topliss-reactive ketones (excluding diaryl/α,β-unsaturated/α-hetero) is 3. The highest BCUT2D eigenvalue weighted by Gasteiger charge is 2.35. The third kappa shape index (κ3) is 5.98. The van der Waals surface area contributed by atoms with Crippen LogP contribution in [0.5, 0.6) is 5.75 Å². The van der Waals surface area contributed by atoms with Crippen LogP contribution in [0.25, 0.3) is 5.03 Å². The minimum absolute atomic E-state index is 0. The van der Waals surface area contributed by atoms with Crippen molar-refractivity contribution in [3.05, 3.63) is 35.4 Å². The molecule has 3 atom stereocenters. The molecule has 7 nitrogen and oxygen atoms in total. The molecule has 170 valence electrons. The number of aromatic hydroxyl groups is 1. The number of phenols is 1. The number of halogens is 1. The number of ketones is 3. The second-order valence-corrected chi connectivity index (χ2v) is 8.19. The third-order valence-corrected chi connectivity index (χ3v) is 5.77. The summed E-state index contributed by atoms with van der Waals surface area (Å²) in [6.45, 7) is 4.45. The number of fused-ring (bicyclic) bond motifs is 1. The Kier molecular flexibility index (Phi) is 9.84. The Morgan fingerprint density at radius 3 is 2.50 bits per heavy atom. The van der Waals surface area contributed by atoms with Crippen molar-refractivity contribution in [1.29, 1.82) is 0 Å². The van der Waals surface area contributed by atoms with Gasteiger partial charge in [0.15, 0.2) is 5.78 Å². The van der Waals surface area contributed by atoms with E-state index in [0.29, 0.717) is 24.0 Å². The fourth-order valence-electron chi connectivity index (χ4n) is 4.27. The SMILES string of the molecule is C=C(Cl)c1ccc(O)c2c1CC(CC(CCO)C(CO)C(=O)CC(C)=O)CC2=O.O.[HH].[HH]. The Morgan fingerprint density at radius 1 is 1.30 bits per heavy atom. The molecule has 0 saturated carbocycles. The summed E-state index contributed by atoms with van der Waals surface area (Å²) in [5.74, 6) is -2.23. The number of phenolic OH excluding ortho intramolecular Hbond substituents is 1. The summed E-state index contributed by atoms with van der Waals surface area (Å²) in [6, 6.07) is 3.05. The second-order valence-electron chi connectivity index (χ2n) is 7.73. The zero-order valence-corrected chi connectivity index (χ0v) is 17.7. The summed E-state index contributed by atoms with van der Waals surface area (Å²) >= 11 is 6.08. The van der Waals surface area contributed by atoms with Gasteiger partial charge in [-0.25, -0.2) is 0 Å². The summed E-state index contributed by atoms with van der Waals surface area (Å²) < 4.78 is 0. The highest BCUT2D eigenvalue weighted by Crippen LogP contribution is 2.40. The molecule has 0 bridgehead atoms. The van der Waals surface area contributed by atoms with Crippen LogP contribution in [0.3, 0.4) is 0 Å². The average molecular weight is 445 g/mol. The van der Waals surface area contributed by atoms with Gasteiger partial charge in [-0.3, -0.25) is 14.4 Å². The number of rotatable bonds is 10. The van der Waals surface area contributed by atoms with E-state index in [1.165, 1.54) is 13.0 Å². The summed E-state index contributed by atoms with van der Waals surface area (Å²) in [7, 11) is 0. The van der Waals surface area contributed by atoms with Crippen molar-refractivity contribution in [2.75, 3.05) is 13.2 Å². The molecule has 8 heteroatoms. The van der Waals surface area contributed by atoms with Crippen LogP contribution in [-0.4, -0.2) is 51.4 Å². The van der Waals surface area contributed by atoms with E-state index in [0.717, 1.165) is 0 Å². The van der Waals surface area contributed by atoms with Crippen LogP contribution < -0.4 is 0 Å². The zero-order valence-electron chi connectivity index (χ0n) is 17.0. The van der Waals surface area contributed by atoms with Gasteiger partial charge in [0, 0.05) is 26.8 Å². The molecule has 1 aromatic rings. The van der Waals surface area contributed by atoms with Gasteiger partial charge in [-0.1, -0.05) is 18.2 Å². The molecule has 1 aliphatic rings. The predicted octanol–water partition coefficient (Wildman–Crippen LogP) is 2.56. The molecule has 0 aliphatic heterocycles. The molecule has 3 unspecified atom stereocenters. The lowest BCUT2D eigenvalue weighted by Crippen LogP contribution is -2.32. The van der Waals surface area contributed by atoms with E-state index >= 15 is 0 Å². The van der Waals surface area contributed by atoms with Crippen LogP contribution in [0.2, 0.25) is 0 Å². The standard InChI is InChI=1S/C22H27ClO6.H2O.2H2/c1-12(26)7-20(28)18(11-25)15(5-6-24)8-14-9-17-16(13(2)23)3-4-19(27)22(17)21(29)10-14;;;/h3-4,14-15,18,24-25,27H,2,5-11H2,1H3;1H2;2*1H. The molecule has 0 aromatic heterocycles. The Balaban J connectivity index is 0. The van der Waals surface area contributed by atoms with Crippen molar-refractivity contribution in [2.24, 2.45) is 17.8 Å². The Labute approximate surface area is 183 Å². The minimum atomic E-state index is -0.769.